The van der Waals surface area contributed by atoms with Gasteiger partial charge in [-0.05, 0) is 43.7 Å². The molecule has 1 aromatic heterocycles. The van der Waals surface area contributed by atoms with Gasteiger partial charge in [0.1, 0.15) is 5.69 Å². The number of carboxylic acid groups (broad SMARTS) is 1. The van der Waals surface area contributed by atoms with Crippen molar-refractivity contribution in [3.8, 4) is 11.5 Å². The van der Waals surface area contributed by atoms with Crippen LogP contribution in [0.2, 0.25) is 0 Å². The van der Waals surface area contributed by atoms with Crippen LogP contribution in [-0.2, 0) is 0 Å². The zero-order valence-electron chi connectivity index (χ0n) is 14.5. The fourth-order valence-electron chi connectivity index (χ4n) is 2.39. The van der Waals surface area contributed by atoms with E-state index in [9.17, 15) is 9.59 Å². The third-order valence-corrected chi connectivity index (χ3v) is 3.80. The number of aryl methyl sites for hydroxylation is 1. The van der Waals surface area contributed by atoms with E-state index in [0.717, 1.165) is 5.56 Å². The van der Waals surface area contributed by atoms with Gasteiger partial charge in [0.25, 0.3) is 5.91 Å². The van der Waals surface area contributed by atoms with Crippen molar-refractivity contribution in [1.82, 2.24) is 10.3 Å². The number of amides is 1. The largest absolute Gasteiger partial charge is 0.493 e. The number of pyridine rings is 1. The molecule has 2 rings (SSSR count). The van der Waals surface area contributed by atoms with Gasteiger partial charge in [-0.25, -0.2) is 9.78 Å². The van der Waals surface area contributed by atoms with Crippen molar-refractivity contribution in [3.63, 3.8) is 0 Å². The van der Waals surface area contributed by atoms with Crippen LogP contribution >= 0.6 is 0 Å². The van der Waals surface area contributed by atoms with Gasteiger partial charge >= 0.3 is 5.97 Å². The van der Waals surface area contributed by atoms with Gasteiger partial charge < -0.3 is 19.9 Å². The summed E-state index contributed by atoms with van der Waals surface area (Å²) in [6.45, 7) is 3.38. The van der Waals surface area contributed by atoms with Crippen LogP contribution in [0.15, 0.2) is 30.3 Å². The summed E-state index contributed by atoms with van der Waals surface area (Å²) in [4.78, 5) is 27.4. The summed E-state index contributed by atoms with van der Waals surface area (Å²) >= 11 is 0. The summed E-state index contributed by atoms with van der Waals surface area (Å²) in [5.41, 5.74) is 1.36. The van der Waals surface area contributed by atoms with E-state index in [1.165, 1.54) is 12.1 Å². The standard InChI is InChI=1S/C18H20N2O5/c1-10(12-5-8-15(24-3)16(9-12)25-4)20-17(21)14-7-6-13(18(22)23)11(2)19-14/h5-10H,1-4H3,(H,20,21)(H,22,23). The average Bonchev–Trinajstić information content (AvgIpc) is 2.60. The molecule has 1 heterocycles. The van der Waals surface area contributed by atoms with Crippen molar-refractivity contribution in [2.75, 3.05) is 14.2 Å². The lowest BCUT2D eigenvalue weighted by atomic mass is 10.1. The van der Waals surface area contributed by atoms with E-state index in [1.807, 2.05) is 13.0 Å². The first kappa shape index (κ1) is 18.3. The number of hydrogen-bond donors (Lipinski definition) is 2. The van der Waals surface area contributed by atoms with Crippen molar-refractivity contribution in [2.24, 2.45) is 0 Å². The third kappa shape index (κ3) is 4.06. The Kier molecular flexibility index (Phi) is 5.59. The Morgan fingerprint density at radius 1 is 1.12 bits per heavy atom. The van der Waals surface area contributed by atoms with Crippen LogP contribution in [-0.4, -0.2) is 36.2 Å². The van der Waals surface area contributed by atoms with Crippen molar-refractivity contribution in [1.29, 1.82) is 0 Å². The fourth-order valence-corrected chi connectivity index (χ4v) is 2.39. The number of carbonyl (C=O) groups excluding carboxylic acids is 1. The lowest BCUT2D eigenvalue weighted by Gasteiger charge is -2.16. The normalized spacial score (nSPS) is 11.5. The summed E-state index contributed by atoms with van der Waals surface area (Å²) in [5, 5.41) is 11.9. The minimum Gasteiger partial charge on any atom is -0.493 e. The number of carboxylic acids is 1. The zero-order chi connectivity index (χ0) is 18.6. The molecule has 0 aliphatic carbocycles. The molecule has 1 aromatic carbocycles. The lowest BCUT2D eigenvalue weighted by molar-refractivity contribution is 0.0694. The van der Waals surface area contributed by atoms with Crippen molar-refractivity contribution in [3.05, 3.63) is 52.8 Å². The maximum atomic E-state index is 12.4. The number of nitrogens with one attached hydrogen (secondary N) is 1. The minimum absolute atomic E-state index is 0.0736. The van der Waals surface area contributed by atoms with Crippen LogP contribution in [0.5, 0.6) is 11.5 Å². The molecule has 0 saturated carbocycles. The molecule has 0 aliphatic rings. The van der Waals surface area contributed by atoms with Crippen molar-refractivity contribution >= 4 is 11.9 Å². The Morgan fingerprint density at radius 3 is 2.36 bits per heavy atom. The molecule has 2 aromatic rings. The highest BCUT2D eigenvalue weighted by Gasteiger charge is 2.17. The number of rotatable bonds is 6. The smallest absolute Gasteiger partial charge is 0.337 e. The maximum absolute atomic E-state index is 12.4. The average molecular weight is 344 g/mol. The number of carbonyl (C=O) groups is 2. The zero-order valence-corrected chi connectivity index (χ0v) is 14.5. The summed E-state index contributed by atoms with van der Waals surface area (Å²) in [6.07, 6.45) is 0. The molecule has 1 unspecified atom stereocenters. The molecule has 25 heavy (non-hydrogen) atoms. The minimum atomic E-state index is -1.07. The van der Waals surface area contributed by atoms with Crippen LogP contribution in [0, 0.1) is 6.92 Å². The van der Waals surface area contributed by atoms with E-state index >= 15 is 0 Å². The van der Waals surface area contributed by atoms with Crippen LogP contribution in [0.3, 0.4) is 0 Å². The number of methoxy groups -OCH3 is 2. The van der Waals surface area contributed by atoms with Crippen molar-refractivity contribution < 1.29 is 24.2 Å². The molecule has 0 aliphatic heterocycles. The highest BCUT2D eigenvalue weighted by Crippen LogP contribution is 2.29. The Balaban J connectivity index is 2.17. The third-order valence-electron chi connectivity index (χ3n) is 3.80. The van der Waals surface area contributed by atoms with Gasteiger partial charge in [0, 0.05) is 0 Å². The van der Waals surface area contributed by atoms with Crippen LogP contribution in [0.25, 0.3) is 0 Å². The predicted molar refractivity (Wildman–Crippen MR) is 91.4 cm³/mol. The second-order valence-electron chi connectivity index (χ2n) is 5.44. The van der Waals surface area contributed by atoms with E-state index in [-0.39, 0.29) is 23.2 Å². The summed E-state index contributed by atoms with van der Waals surface area (Å²) < 4.78 is 10.5. The number of hydrogen-bond acceptors (Lipinski definition) is 5. The molecule has 0 bridgehead atoms. The molecule has 0 saturated heterocycles. The molecule has 1 amide bonds. The second kappa shape index (κ2) is 7.65. The SMILES string of the molecule is COc1ccc(C(C)NC(=O)c2ccc(C(=O)O)c(C)n2)cc1OC. The van der Waals surface area contributed by atoms with Crippen molar-refractivity contribution in [2.45, 2.75) is 19.9 Å². The van der Waals surface area contributed by atoms with Gasteiger partial charge in [0.15, 0.2) is 11.5 Å². The lowest BCUT2D eigenvalue weighted by Crippen LogP contribution is -2.27. The van der Waals surface area contributed by atoms with Crippen LogP contribution in [0.1, 0.15) is 45.1 Å². The molecule has 0 fully saturated rings. The van der Waals surface area contributed by atoms with Gasteiger partial charge in [-0.3, -0.25) is 4.79 Å². The second-order valence-corrected chi connectivity index (χ2v) is 5.44. The molecular formula is C18H20N2O5. The van der Waals surface area contributed by atoms with Gasteiger partial charge in [-0.2, -0.15) is 0 Å². The summed E-state index contributed by atoms with van der Waals surface area (Å²) in [6, 6.07) is 7.86. The topological polar surface area (TPSA) is 97.8 Å². The predicted octanol–water partition coefficient (Wildman–Crippen LogP) is 2.60. The fraction of sp³-hybridized carbons (Fsp3) is 0.278. The van der Waals surface area contributed by atoms with E-state index in [1.54, 1.807) is 33.3 Å². The Hall–Kier alpha value is -3.09. The number of nitrogens with zero attached hydrogens (tertiary/aromatic N) is 1. The highest BCUT2D eigenvalue weighted by molar-refractivity contribution is 5.94. The quantitative estimate of drug-likeness (QED) is 0.836. The van der Waals surface area contributed by atoms with Gasteiger partial charge in [0.05, 0.1) is 31.5 Å². The first-order chi connectivity index (χ1) is 11.9. The summed E-state index contributed by atoms with van der Waals surface area (Å²) in [7, 11) is 3.10. The van der Waals surface area contributed by atoms with Gasteiger partial charge in [-0.1, -0.05) is 6.07 Å². The molecular weight excluding hydrogens is 324 g/mol. The number of ether oxygens (including phenoxy) is 2. The molecule has 7 nitrogen and oxygen atoms in total. The van der Waals surface area contributed by atoms with Gasteiger partial charge in [0.2, 0.25) is 0 Å². The van der Waals surface area contributed by atoms with Gasteiger partial charge in [-0.15, -0.1) is 0 Å². The Labute approximate surface area is 145 Å². The molecule has 7 heteroatoms. The molecule has 2 N–H and O–H groups in total. The molecule has 1 atom stereocenters. The molecule has 0 spiro atoms. The molecule has 132 valence electrons. The Bertz CT molecular complexity index is 804. The maximum Gasteiger partial charge on any atom is 0.337 e. The monoisotopic (exact) mass is 344 g/mol. The molecule has 0 radical (unpaired) electrons. The Morgan fingerprint density at radius 2 is 1.80 bits per heavy atom. The number of benzene rings is 1. The van der Waals surface area contributed by atoms with E-state index in [2.05, 4.69) is 10.3 Å². The summed E-state index contributed by atoms with van der Waals surface area (Å²) in [5.74, 6) is -0.287. The van der Waals surface area contributed by atoms with E-state index in [4.69, 9.17) is 14.6 Å². The van der Waals surface area contributed by atoms with E-state index < -0.39 is 5.97 Å². The number of aromatic carboxylic acids is 1. The van der Waals surface area contributed by atoms with E-state index in [0.29, 0.717) is 17.2 Å². The van der Waals surface area contributed by atoms with Crippen LogP contribution < -0.4 is 14.8 Å². The van der Waals surface area contributed by atoms with Crippen LogP contribution in [0.4, 0.5) is 0 Å². The first-order valence-electron chi connectivity index (χ1n) is 7.61. The number of aromatic nitrogens is 1. The highest BCUT2D eigenvalue weighted by atomic mass is 16.5. The first-order valence-corrected chi connectivity index (χ1v) is 7.61.